The number of nitrogens with zero attached hydrogens (tertiary/aromatic N) is 2. The lowest BCUT2D eigenvalue weighted by Crippen LogP contribution is -2.46. The summed E-state index contributed by atoms with van der Waals surface area (Å²) in [7, 11) is 1.10. The minimum absolute atomic E-state index is 0.263. The molecule has 0 bridgehead atoms. The van der Waals surface area contributed by atoms with E-state index in [2.05, 4.69) is 5.32 Å². The molecule has 0 aliphatic carbocycles. The van der Waals surface area contributed by atoms with Crippen molar-refractivity contribution in [1.29, 1.82) is 0 Å². The first kappa shape index (κ1) is 20.4. The second kappa shape index (κ2) is 7.94. The Bertz CT molecular complexity index is 449. The van der Waals surface area contributed by atoms with Gasteiger partial charge in [0.1, 0.15) is 12.1 Å². The van der Waals surface area contributed by atoms with Crippen molar-refractivity contribution in [2.45, 2.75) is 57.9 Å². The summed E-state index contributed by atoms with van der Waals surface area (Å²) in [5.41, 5.74) is -0.586. The maximum atomic E-state index is 12.3. The van der Waals surface area contributed by atoms with Gasteiger partial charge in [0.25, 0.3) is 0 Å². The van der Waals surface area contributed by atoms with Gasteiger partial charge in [-0.05, 0) is 40.0 Å². The van der Waals surface area contributed by atoms with Gasteiger partial charge in [-0.1, -0.05) is 0 Å². The summed E-state index contributed by atoms with van der Waals surface area (Å²) in [6.45, 7) is 4.94. The Morgan fingerprint density at radius 1 is 1.21 bits per heavy atom. The molecule has 0 aromatic carbocycles. The van der Waals surface area contributed by atoms with Gasteiger partial charge in [-0.2, -0.15) is 13.2 Å². The summed E-state index contributed by atoms with van der Waals surface area (Å²) >= 11 is 0. The number of carbonyl (C=O) groups is 2. The SMILES string of the molecule is CN(CC(F)(F)F)C(=O)N[C@@H]1CCCN(C(=O)OC(C)(C)C)CC1. The molecule has 0 spiro atoms. The van der Waals surface area contributed by atoms with Gasteiger partial charge in [-0.25, -0.2) is 9.59 Å². The molecule has 1 N–H and O–H groups in total. The number of urea groups is 1. The summed E-state index contributed by atoms with van der Waals surface area (Å²) in [6, 6.07) is -1.02. The Morgan fingerprint density at radius 2 is 1.83 bits per heavy atom. The molecule has 9 heteroatoms. The van der Waals surface area contributed by atoms with Gasteiger partial charge in [0, 0.05) is 26.2 Å². The molecule has 140 valence electrons. The average Bonchev–Trinajstić information content (AvgIpc) is 2.60. The van der Waals surface area contributed by atoms with Gasteiger partial charge < -0.3 is 19.9 Å². The summed E-state index contributed by atoms with van der Waals surface area (Å²) in [4.78, 5) is 26.0. The number of likely N-dealkylation sites (tertiary alicyclic amines) is 1. The molecule has 1 rings (SSSR count). The van der Waals surface area contributed by atoms with Crippen molar-refractivity contribution in [2.75, 3.05) is 26.7 Å². The van der Waals surface area contributed by atoms with Gasteiger partial charge >= 0.3 is 18.3 Å². The zero-order chi connectivity index (χ0) is 18.5. The molecule has 1 aliphatic heterocycles. The number of amides is 3. The third-order valence-electron chi connectivity index (χ3n) is 3.47. The van der Waals surface area contributed by atoms with Crippen LogP contribution in [0.15, 0.2) is 0 Å². The monoisotopic (exact) mass is 353 g/mol. The number of ether oxygens (including phenoxy) is 1. The smallest absolute Gasteiger partial charge is 0.410 e. The van der Waals surface area contributed by atoms with E-state index < -0.39 is 30.4 Å². The molecule has 0 unspecified atom stereocenters. The van der Waals surface area contributed by atoms with E-state index in [9.17, 15) is 22.8 Å². The van der Waals surface area contributed by atoms with Crippen molar-refractivity contribution < 1.29 is 27.5 Å². The van der Waals surface area contributed by atoms with E-state index in [1.807, 2.05) is 0 Å². The van der Waals surface area contributed by atoms with E-state index in [0.29, 0.717) is 37.3 Å². The van der Waals surface area contributed by atoms with E-state index in [1.54, 1.807) is 25.7 Å². The fourth-order valence-electron chi connectivity index (χ4n) is 2.38. The van der Waals surface area contributed by atoms with Crippen molar-refractivity contribution in [3.05, 3.63) is 0 Å². The fourth-order valence-corrected chi connectivity index (χ4v) is 2.38. The van der Waals surface area contributed by atoms with Crippen LogP contribution in [0.3, 0.4) is 0 Å². The molecule has 0 aromatic rings. The Kier molecular flexibility index (Phi) is 6.74. The largest absolute Gasteiger partial charge is 0.444 e. The van der Waals surface area contributed by atoms with Crippen LogP contribution in [0.5, 0.6) is 0 Å². The second-order valence-electron chi connectivity index (χ2n) is 7.02. The number of carbonyl (C=O) groups excluding carboxylic acids is 2. The van der Waals surface area contributed by atoms with Gasteiger partial charge in [-0.3, -0.25) is 0 Å². The van der Waals surface area contributed by atoms with E-state index in [1.165, 1.54) is 0 Å². The standard InChI is InChI=1S/C15H26F3N3O3/c1-14(2,3)24-13(23)21-8-5-6-11(7-9-21)19-12(22)20(4)10-15(16,17)18/h11H,5-10H2,1-4H3,(H,19,22)/t11-/m1/s1. The molecule has 0 radical (unpaired) electrons. The van der Waals surface area contributed by atoms with Gasteiger partial charge in [0.15, 0.2) is 0 Å². The lowest BCUT2D eigenvalue weighted by molar-refractivity contribution is -0.137. The maximum absolute atomic E-state index is 12.3. The van der Waals surface area contributed by atoms with Crippen molar-refractivity contribution in [3.8, 4) is 0 Å². The molecule has 3 amide bonds. The van der Waals surface area contributed by atoms with Crippen LogP contribution in [0.2, 0.25) is 0 Å². The third kappa shape index (κ3) is 7.74. The number of hydrogen-bond donors (Lipinski definition) is 1. The average molecular weight is 353 g/mol. The Hall–Kier alpha value is -1.67. The zero-order valence-corrected chi connectivity index (χ0v) is 14.6. The minimum atomic E-state index is -4.43. The van der Waals surface area contributed by atoms with E-state index in [4.69, 9.17) is 4.74 Å². The van der Waals surface area contributed by atoms with Crippen LogP contribution in [-0.2, 0) is 4.74 Å². The molecule has 0 saturated carbocycles. The molecule has 24 heavy (non-hydrogen) atoms. The second-order valence-corrected chi connectivity index (χ2v) is 7.02. The lowest BCUT2D eigenvalue weighted by atomic mass is 10.1. The third-order valence-corrected chi connectivity index (χ3v) is 3.47. The van der Waals surface area contributed by atoms with Crippen LogP contribution in [-0.4, -0.2) is 66.4 Å². The number of nitrogens with one attached hydrogen (secondary N) is 1. The predicted octanol–water partition coefficient (Wildman–Crippen LogP) is 2.98. The van der Waals surface area contributed by atoms with E-state index in [-0.39, 0.29) is 6.04 Å². The van der Waals surface area contributed by atoms with Crippen LogP contribution in [0.25, 0.3) is 0 Å². The fraction of sp³-hybridized carbons (Fsp3) is 0.867. The Labute approximate surface area is 140 Å². The van der Waals surface area contributed by atoms with Gasteiger partial charge in [-0.15, -0.1) is 0 Å². The summed E-state index contributed by atoms with van der Waals surface area (Å²) < 4.78 is 42.2. The van der Waals surface area contributed by atoms with Crippen LogP contribution in [0, 0.1) is 0 Å². The van der Waals surface area contributed by atoms with Crippen LogP contribution in [0.1, 0.15) is 40.0 Å². The summed E-state index contributed by atoms with van der Waals surface area (Å²) in [6.07, 6.45) is -3.12. The van der Waals surface area contributed by atoms with Crippen LogP contribution >= 0.6 is 0 Å². The number of alkyl halides is 3. The van der Waals surface area contributed by atoms with Crippen LogP contribution < -0.4 is 5.32 Å². The highest BCUT2D eigenvalue weighted by atomic mass is 19.4. The molecule has 1 heterocycles. The highest BCUT2D eigenvalue weighted by Crippen LogP contribution is 2.17. The lowest BCUT2D eigenvalue weighted by Gasteiger charge is -2.26. The molecular formula is C15H26F3N3O3. The minimum Gasteiger partial charge on any atom is -0.444 e. The van der Waals surface area contributed by atoms with E-state index >= 15 is 0 Å². The predicted molar refractivity (Wildman–Crippen MR) is 82.7 cm³/mol. The molecule has 1 saturated heterocycles. The number of halogens is 3. The highest BCUT2D eigenvalue weighted by molar-refractivity contribution is 5.74. The first-order valence-corrected chi connectivity index (χ1v) is 7.94. The molecule has 1 fully saturated rings. The first-order chi connectivity index (χ1) is 10.9. The van der Waals surface area contributed by atoms with Crippen molar-refractivity contribution >= 4 is 12.1 Å². The molecule has 6 nitrogen and oxygen atoms in total. The normalized spacial score (nSPS) is 19.5. The van der Waals surface area contributed by atoms with Crippen molar-refractivity contribution in [2.24, 2.45) is 0 Å². The topological polar surface area (TPSA) is 61.9 Å². The number of rotatable bonds is 2. The first-order valence-electron chi connectivity index (χ1n) is 7.94. The molecular weight excluding hydrogens is 327 g/mol. The summed E-state index contributed by atoms with van der Waals surface area (Å²) in [5.74, 6) is 0. The Morgan fingerprint density at radius 3 is 2.38 bits per heavy atom. The van der Waals surface area contributed by atoms with E-state index in [0.717, 1.165) is 7.05 Å². The maximum Gasteiger partial charge on any atom is 0.410 e. The Balaban J connectivity index is 2.48. The molecule has 0 aromatic heterocycles. The number of hydrogen-bond acceptors (Lipinski definition) is 3. The quantitative estimate of drug-likeness (QED) is 0.830. The zero-order valence-electron chi connectivity index (χ0n) is 14.6. The van der Waals surface area contributed by atoms with Crippen molar-refractivity contribution in [3.63, 3.8) is 0 Å². The van der Waals surface area contributed by atoms with Gasteiger partial charge in [0.2, 0.25) is 0 Å². The molecule has 1 atom stereocenters. The van der Waals surface area contributed by atoms with Gasteiger partial charge in [0.05, 0.1) is 0 Å². The van der Waals surface area contributed by atoms with Crippen LogP contribution in [0.4, 0.5) is 22.8 Å². The molecule has 1 aliphatic rings. The van der Waals surface area contributed by atoms with Crippen molar-refractivity contribution in [1.82, 2.24) is 15.1 Å². The highest BCUT2D eigenvalue weighted by Gasteiger charge is 2.32. The summed E-state index contributed by atoms with van der Waals surface area (Å²) in [5, 5.41) is 2.60.